The van der Waals surface area contributed by atoms with Crippen LogP contribution in [-0.4, -0.2) is 25.2 Å². The molecule has 1 saturated heterocycles. The van der Waals surface area contributed by atoms with Gasteiger partial charge in [-0.15, -0.1) is 0 Å². The summed E-state index contributed by atoms with van der Waals surface area (Å²) in [7, 11) is 0. The summed E-state index contributed by atoms with van der Waals surface area (Å²) in [6.45, 7) is 3.93. The van der Waals surface area contributed by atoms with Crippen molar-refractivity contribution in [1.82, 2.24) is 5.32 Å². The predicted molar refractivity (Wildman–Crippen MR) is 58.6 cm³/mol. The number of ether oxygens (including phenoxy) is 1. The summed E-state index contributed by atoms with van der Waals surface area (Å²) in [5.74, 6) is 0.0434. The highest BCUT2D eigenvalue weighted by atomic mass is 16.5. The largest absolute Gasteiger partial charge is 0.462 e. The van der Waals surface area contributed by atoms with Gasteiger partial charge in [-0.25, -0.2) is 0 Å². The summed E-state index contributed by atoms with van der Waals surface area (Å²) in [6.07, 6.45) is 6.55. The van der Waals surface area contributed by atoms with Gasteiger partial charge in [-0.3, -0.25) is 4.79 Å². The molecule has 1 unspecified atom stereocenters. The summed E-state index contributed by atoms with van der Waals surface area (Å²) in [5, 5.41) is 3.32. The van der Waals surface area contributed by atoms with Crippen molar-refractivity contribution in [2.45, 2.75) is 51.6 Å². The Hall–Kier alpha value is -0.570. The zero-order chi connectivity index (χ0) is 10.7. The number of hydrogen-bond donors (Lipinski definition) is 1. The van der Waals surface area contributed by atoms with Crippen molar-refractivity contribution < 1.29 is 9.53 Å². The Morgan fingerprint density at radius 3 is 2.73 bits per heavy atom. The van der Waals surface area contributed by atoms with Gasteiger partial charge in [0.25, 0.3) is 0 Å². The van der Waals surface area contributed by atoms with Crippen LogP contribution in [0.5, 0.6) is 0 Å². The maximum Gasteiger partial charge on any atom is 0.313 e. The lowest BCUT2D eigenvalue weighted by molar-refractivity contribution is -0.167. The molecular weight excluding hydrogens is 190 g/mol. The van der Waals surface area contributed by atoms with E-state index < -0.39 is 0 Å². The Bertz CT molecular complexity index is 230. The first-order valence-corrected chi connectivity index (χ1v) is 6.19. The molecule has 0 aromatic carbocycles. The Morgan fingerprint density at radius 1 is 1.47 bits per heavy atom. The maximum absolute atomic E-state index is 12.1. The minimum atomic E-state index is -0.228. The van der Waals surface area contributed by atoms with Gasteiger partial charge in [-0.05, 0) is 45.1 Å². The smallest absolute Gasteiger partial charge is 0.313 e. The second-order valence-electron chi connectivity index (χ2n) is 4.87. The molecule has 0 aromatic rings. The second kappa shape index (κ2) is 4.52. The van der Waals surface area contributed by atoms with Crippen LogP contribution < -0.4 is 5.32 Å². The molecule has 3 nitrogen and oxygen atoms in total. The molecule has 1 saturated carbocycles. The van der Waals surface area contributed by atoms with Gasteiger partial charge in [0, 0.05) is 6.54 Å². The van der Waals surface area contributed by atoms with Crippen LogP contribution in [0.3, 0.4) is 0 Å². The van der Waals surface area contributed by atoms with E-state index in [0.717, 1.165) is 45.2 Å². The Kier molecular flexibility index (Phi) is 3.29. The minimum Gasteiger partial charge on any atom is -0.462 e. The standard InChI is InChI=1S/C12H21NO2/c1-2-12(7-4-8-13-9-12)11(14)15-10-5-3-6-10/h10,13H,2-9H2,1H3. The quantitative estimate of drug-likeness (QED) is 0.724. The Morgan fingerprint density at radius 2 is 2.27 bits per heavy atom. The molecule has 1 aliphatic carbocycles. The second-order valence-corrected chi connectivity index (χ2v) is 4.87. The maximum atomic E-state index is 12.1. The molecule has 2 aliphatic rings. The van der Waals surface area contributed by atoms with Gasteiger partial charge < -0.3 is 10.1 Å². The Balaban J connectivity index is 1.93. The molecule has 0 aromatic heterocycles. The van der Waals surface area contributed by atoms with Crippen LogP contribution in [0.2, 0.25) is 0 Å². The van der Waals surface area contributed by atoms with E-state index in [1.54, 1.807) is 0 Å². The van der Waals surface area contributed by atoms with Crippen LogP contribution in [0, 0.1) is 5.41 Å². The van der Waals surface area contributed by atoms with Crippen molar-refractivity contribution in [3.8, 4) is 0 Å². The van der Waals surface area contributed by atoms with Crippen LogP contribution in [0.4, 0.5) is 0 Å². The van der Waals surface area contributed by atoms with Gasteiger partial charge >= 0.3 is 5.97 Å². The molecule has 2 rings (SSSR count). The number of piperidine rings is 1. The third-order valence-electron chi connectivity index (χ3n) is 3.91. The molecule has 0 amide bonds. The molecule has 1 atom stereocenters. The van der Waals surface area contributed by atoms with Crippen molar-refractivity contribution in [1.29, 1.82) is 0 Å². The van der Waals surface area contributed by atoms with Crippen molar-refractivity contribution in [3.05, 3.63) is 0 Å². The van der Waals surface area contributed by atoms with E-state index >= 15 is 0 Å². The van der Waals surface area contributed by atoms with Crippen molar-refractivity contribution in [2.24, 2.45) is 5.41 Å². The van der Waals surface area contributed by atoms with E-state index in [4.69, 9.17) is 4.74 Å². The third kappa shape index (κ3) is 2.17. The van der Waals surface area contributed by atoms with Gasteiger partial charge in [-0.2, -0.15) is 0 Å². The summed E-state index contributed by atoms with van der Waals surface area (Å²) in [4.78, 5) is 12.1. The number of nitrogens with one attached hydrogen (secondary N) is 1. The highest BCUT2D eigenvalue weighted by molar-refractivity contribution is 5.77. The third-order valence-corrected chi connectivity index (χ3v) is 3.91. The summed E-state index contributed by atoms with van der Waals surface area (Å²) >= 11 is 0. The van der Waals surface area contributed by atoms with Crippen molar-refractivity contribution in [2.75, 3.05) is 13.1 Å². The molecule has 1 heterocycles. The first-order valence-electron chi connectivity index (χ1n) is 6.19. The fourth-order valence-corrected chi connectivity index (χ4v) is 2.35. The summed E-state index contributed by atoms with van der Waals surface area (Å²) in [5.41, 5.74) is -0.228. The molecule has 15 heavy (non-hydrogen) atoms. The van der Waals surface area contributed by atoms with Crippen LogP contribution in [-0.2, 0) is 9.53 Å². The molecule has 3 heteroatoms. The first kappa shape index (κ1) is 10.9. The van der Waals surface area contributed by atoms with Gasteiger partial charge in [0.05, 0.1) is 5.41 Å². The highest BCUT2D eigenvalue weighted by Crippen LogP contribution is 2.34. The van der Waals surface area contributed by atoms with E-state index in [2.05, 4.69) is 12.2 Å². The number of esters is 1. The average molecular weight is 211 g/mol. The monoisotopic (exact) mass is 211 g/mol. The number of carbonyl (C=O) groups is 1. The minimum absolute atomic E-state index is 0.0434. The van der Waals surface area contributed by atoms with Gasteiger partial charge in [-0.1, -0.05) is 6.92 Å². The van der Waals surface area contributed by atoms with E-state index in [-0.39, 0.29) is 17.5 Å². The number of hydrogen-bond acceptors (Lipinski definition) is 3. The van der Waals surface area contributed by atoms with Crippen molar-refractivity contribution >= 4 is 5.97 Å². The normalized spacial score (nSPS) is 32.1. The number of carbonyl (C=O) groups excluding carboxylic acids is 1. The Labute approximate surface area is 91.6 Å². The molecule has 86 valence electrons. The van der Waals surface area contributed by atoms with Crippen LogP contribution >= 0.6 is 0 Å². The SMILES string of the molecule is CCC1(C(=O)OC2CCC2)CCCNC1. The van der Waals surface area contributed by atoms with E-state index in [1.807, 2.05) is 0 Å². The average Bonchev–Trinajstić information content (AvgIpc) is 2.24. The zero-order valence-electron chi connectivity index (χ0n) is 9.55. The molecule has 1 N–H and O–H groups in total. The summed E-state index contributed by atoms with van der Waals surface area (Å²) in [6, 6.07) is 0. The van der Waals surface area contributed by atoms with E-state index in [0.29, 0.717) is 0 Å². The summed E-state index contributed by atoms with van der Waals surface area (Å²) < 4.78 is 5.54. The molecule has 2 fully saturated rings. The van der Waals surface area contributed by atoms with Crippen LogP contribution in [0.1, 0.15) is 45.4 Å². The van der Waals surface area contributed by atoms with E-state index in [9.17, 15) is 4.79 Å². The molecule has 1 aliphatic heterocycles. The lowest BCUT2D eigenvalue weighted by Gasteiger charge is -2.37. The topological polar surface area (TPSA) is 38.3 Å². The zero-order valence-corrected chi connectivity index (χ0v) is 9.55. The van der Waals surface area contributed by atoms with Crippen molar-refractivity contribution in [3.63, 3.8) is 0 Å². The lowest BCUT2D eigenvalue weighted by atomic mass is 9.78. The van der Waals surface area contributed by atoms with Crippen LogP contribution in [0.15, 0.2) is 0 Å². The van der Waals surface area contributed by atoms with Crippen LogP contribution in [0.25, 0.3) is 0 Å². The van der Waals surface area contributed by atoms with E-state index in [1.165, 1.54) is 6.42 Å². The fraction of sp³-hybridized carbons (Fsp3) is 0.917. The molecule has 0 bridgehead atoms. The highest BCUT2D eigenvalue weighted by Gasteiger charge is 2.40. The van der Waals surface area contributed by atoms with Gasteiger partial charge in [0.2, 0.25) is 0 Å². The van der Waals surface area contributed by atoms with Gasteiger partial charge in [0.1, 0.15) is 6.10 Å². The molecule has 0 spiro atoms. The number of rotatable bonds is 3. The molecular formula is C12H21NO2. The molecule has 0 radical (unpaired) electrons. The predicted octanol–water partition coefficient (Wildman–Crippen LogP) is 1.86. The first-order chi connectivity index (χ1) is 7.27. The lowest BCUT2D eigenvalue weighted by Crippen LogP contribution is -2.47. The van der Waals surface area contributed by atoms with Gasteiger partial charge in [0.15, 0.2) is 0 Å². The fourth-order valence-electron chi connectivity index (χ4n) is 2.35.